The molecular formula is C14H16N4O3. The van der Waals surface area contributed by atoms with Gasteiger partial charge in [0.15, 0.2) is 12.4 Å². The normalized spacial score (nSPS) is 10.1. The number of amides is 1. The lowest BCUT2D eigenvalue weighted by molar-refractivity contribution is -0.144. The summed E-state index contributed by atoms with van der Waals surface area (Å²) in [5.41, 5.74) is 0.911. The van der Waals surface area contributed by atoms with Gasteiger partial charge in [-0.2, -0.15) is 9.90 Å². The molecule has 0 atom stereocenters. The van der Waals surface area contributed by atoms with Crippen molar-refractivity contribution in [2.75, 3.05) is 11.9 Å². The van der Waals surface area contributed by atoms with E-state index >= 15 is 0 Å². The monoisotopic (exact) mass is 288 g/mol. The summed E-state index contributed by atoms with van der Waals surface area (Å²) < 4.78 is 4.79. The summed E-state index contributed by atoms with van der Waals surface area (Å²) in [5, 5.41) is 10.5. The van der Waals surface area contributed by atoms with Gasteiger partial charge in [0.25, 0.3) is 0 Å². The molecule has 2 aromatic rings. The van der Waals surface area contributed by atoms with Crippen LogP contribution in [0, 0.1) is 0 Å². The van der Waals surface area contributed by atoms with Crippen LogP contribution in [0.2, 0.25) is 0 Å². The molecule has 1 aromatic carbocycles. The molecule has 1 N–H and O–H groups in total. The topological polar surface area (TPSA) is 86.1 Å². The maximum Gasteiger partial charge on any atom is 0.329 e. The lowest BCUT2D eigenvalue weighted by Gasteiger charge is -2.02. The number of nitrogens with zero attached hydrogens (tertiary/aromatic N) is 3. The van der Waals surface area contributed by atoms with E-state index in [4.69, 9.17) is 4.74 Å². The van der Waals surface area contributed by atoms with Crippen LogP contribution in [0.15, 0.2) is 36.5 Å². The summed E-state index contributed by atoms with van der Waals surface area (Å²) in [6.07, 6.45) is 1.65. The first kappa shape index (κ1) is 14.7. The molecular weight excluding hydrogens is 272 g/mol. The Kier molecular flexibility index (Phi) is 5.03. The van der Waals surface area contributed by atoms with E-state index < -0.39 is 5.97 Å². The fraction of sp³-hybridized carbons (Fsp3) is 0.286. The first-order valence-corrected chi connectivity index (χ1v) is 6.57. The average molecular weight is 288 g/mol. The minimum Gasteiger partial charge on any atom is -0.465 e. The van der Waals surface area contributed by atoms with Crippen molar-refractivity contribution >= 4 is 17.7 Å². The fourth-order valence-electron chi connectivity index (χ4n) is 1.72. The van der Waals surface area contributed by atoms with Crippen molar-refractivity contribution in [1.82, 2.24) is 15.0 Å². The van der Waals surface area contributed by atoms with Gasteiger partial charge in [0.05, 0.1) is 19.2 Å². The van der Waals surface area contributed by atoms with Crippen molar-refractivity contribution in [3.8, 4) is 0 Å². The van der Waals surface area contributed by atoms with E-state index in [2.05, 4.69) is 15.5 Å². The van der Waals surface area contributed by atoms with Gasteiger partial charge in [0.1, 0.15) is 0 Å². The van der Waals surface area contributed by atoms with Gasteiger partial charge in [0, 0.05) is 0 Å². The molecule has 0 spiro atoms. The maximum absolute atomic E-state index is 11.8. The summed E-state index contributed by atoms with van der Waals surface area (Å²) in [6, 6.07) is 9.38. The number of carbonyl (C=O) groups excluding carboxylic acids is 2. The van der Waals surface area contributed by atoms with Crippen molar-refractivity contribution in [1.29, 1.82) is 0 Å². The highest BCUT2D eigenvalue weighted by Crippen LogP contribution is 2.04. The molecule has 110 valence electrons. The quantitative estimate of drug-likeness (QED) is 0.802. The third kappa shape index (κ3) is 4.72. The van der Waals surface area contributed by atoms with Gasteiger partial charge in [-0.25, -0.2) is 4.79 Å². The first-order valence-electron chi connectivity index (χ1n) is 6.57. The Morgan fingerprint density at radius 2 is 2.05 bits per heavy atom. The molecule has 0 saturated carbocycles. The van der Waals surface area contributed by atoms with E-state index in [0.29, 0.717) is 12.4 Å². The Bertz CT molecular complexity index is 610. The smallest absolute Gasteiger partial charge is 0.329 e. The molecule has 21 heavy (non-hydrogen) atoms. The lowest BCUT2D eigenvalue weighted by atomic mass is 10.1. The number of benzene rings is 1. The minimum atomic E-state index is -0.421. The molecule has 7 heteroatoms. The minimum absolute atomic E-state index is 0.0810. The van der Waals surface area contributed by atoms with E-state index in [1.54, 1.807) is 6.92 Å². The summed E-state index contributed by atoms with van der Waals surface area (Å²) in [4.78, 5) is 24.3. The van der Waals surface area contributed by atoms with Gasteiger partial charge in [-0.15, -0.1) is 5.10 Å². The highest BCUT2D eigenvalue weighted by atomic mass is 16.5. The van der Waals surface area contributed by atoms with Crippen molar-refractivity contribution < 1.29 is 14.3 Å². The number of hydrogen-bond acceptors (Lipinski definition) is 5. The van der Waals surface area contributed by atoms with E-state index in [-0.39, 0.29) is 18.9 Å². The molecule has 0 radical (unpaired) electrons. The van der Waals surface area contributed by atoms with Crippen LogP contribution in [-0.2, 0) is 27.3 Å². The van der Waals surface area contributed by atoms with Crippen LogP contribution < -0.4 is 5.32 Å². The predicted molar refractivity (Wildman–Crippen MR) is 75.4 cm³/mol. The highest BCUT2D eigenvalue weighted by molar-refractivity contribution is 5.91. The Morgan fingerprint density at radius 3 is 2.76 bits per heavy atom. The second-order valence-electron chi connectivity index (χ2n) is 4.28. The molecule has 0 fully saturated rings. The zero-order valence-electron chi connectivity index (χ0n) is 11.7. The van der Waals surface area contributed by atoms with Gasteiger partial charge in [-0.3, -0.25) is 4.79 Å². The van der Waals surface area contributed by atoms with Crippen LogP contribution in [0.1, 0.15) is 12.5 Å². The average Bonchev–Trinajstić information content (AvgIpc) is 2.87. The number of rotatable bonds is 6. The molecule has 1 heterocycles. The Labute approximate surface area is 121 Å². The van der Waals surface area contributed by atoms with Crippen LogP contribution in [0.5, 0.6) is 0 Å². The Balaban J connectivity index is 1.87. The zero-order valence-corrected chi connectivity index (χ0v) is 11.7. The molecule has 2 rings (SSSR count). The van der Waals surface area contributed by atoms with E-state index in [1.165, 1.54) is 11.0 Å². The van der Waals surface area contributed by atoms with Gasteiger partial charge in [-0.05, 0) is 12.5 Å². The van der Waals surface area contributed by atoms with Crippen LogP contribution in [0.4, 0.5) is 5.82 Å². The second-order valence-corrected chi connectivity index (χ2v) is 4.28. The van der Waals surface area contributed by atoms with E-state index in [0.717, 1.165) is 5.56 Å². The molecule has 0 bridgehead atoms. The molecule has 0 aliphatic rings. The van der Waals surface area contributed by atoms with Gasteiger partial charge < -0.3 is 10.1 Å². The molecule has 7 nitrogen and oxygen atoms in total. The molecule has 0 unspecified atom stereocenters. The molecule has 1 aromatic heterocycles. The number of nitrogens with one attached hydrogen (secondary N) is 1. The molecule has 1 amide bonds. The summed E-state index contributed by atoms with van der Waals surface area (Å²) >= 11 is 0. The second kappa shape index (κ2) is 7.18. The SMILES string of the molecule is CCOC(=O)Cn1ncc(NC(=O)Cc2ccccc2)n1. The first-order chi connectivity index (χ1) is 10.2. The number of hydrogen-bond donors (Lipinski definition) is 1. The predicted octanol–water partition coefficient (Wildman–Crippen LogP) is 1.02. The van der Waals surface area contributed by atoms with Crippen LogP contribution in [0.25, 0.3) is 0 Å². The molecule has 0 saturated heterocycles. The van der Waals surface area contributed by atoms with Crippen molar-refractivity contribution in [2.45, 2.75) is 19.9 Å². The number of esters is 1. The lowest BCUT2D eigenvalue weighted by Crippen LogP contribution is -2.17. The van der Waals surface area contributed by atoms with Gasteiger partial charge in [-0.1, -0.05) is 30.3 Å². The van der Waals surface area contributed by atoms with E-state index in [9.17, 15) is 9.59 Å². The van der Waals surface area contributed by atoms with Crippen molar-refractivity contribution in [2.24, 2.45) is 0 Å². The number of anilines is 1. The van der Waals surface area contributed by atoms with Crippen molar-refractivity contribution in [3.63, 3.8) is 0 Å². The largest absolute Gasteiger partial charge is 0.465 e. The summed E-state index contributed by atoms with van der Waals surface area (Å²) in [6.45, 7) is 1.95. The van der Waals surface area contributed by atoms with Crippen molar-refractivity contribution in [3.05, 3.63) is 42.1 Å². The number of ether oxygens (including phenoxy) is 1. The van der Waals surface area contributed by atoms with Crippen LogP contribution >= 0.6 is 0 Å². The van der Waals surface area contributed by atoms with Gasteiger partial charge in [0.2, 0.25) is 5.91 Å². The Hall–Kier alpha value is -2.70. The third-order valence-corrected chi connectivity index (χ3v) is 2.59. The van der Waals surface area contributed by atoms with Crippen LogP contribution in [0.3, 0.4) is 0 Å². The maximum atomic E-state index is 11.8. The highest BCUT2D eigenvalue weighted by Gasteiger charge is 2.09. The fourth-order valence-corrected chi connectivity index (χ4v) is 1.72. The molecule has 0 aliphatic heterocycles. The standard InChI is InChI=1S/C14H16N4O3/c1-2-21-14(20)10-18-15-9-12(17-18)16-13(19)8-11-6-4-3-5-7-11/h3-7,9H,2,8,10H2,1H3,(H,16,17,19). The van der Waals surface area contributed by atoms with Crippen LogP contribution in [-0.4, -0.2) is 33.5 Å². The Morgan fingerprint density at radius 1 is 1.29 bits per heavy atom. The summed E-state index contributed by atoms with van der Waals surface area (Å²) in [7, 11) is 0. The number of aromatic nitrogens is 3. The van der Waals surface area contributed by atoms with Gasteiger partial charge >= 0.3 is 5.97 Å². The zero-order chi connectivity index (χ0) is 15.1. The van der Waals surface area contributed by atoms with E-state index in [1.807, 2.05) is 30.3 Å². The third-order valence-electron chi connectivity index (χ3n) is 2.59. The number of carbonyl (C=O) groups is 2. The summed E-state index contributed by atoms with van der Waals surface area (Å²) in [5.74, 6) is -0.306. The molecule has 0 aliphatic carbocycles.